The van der Waals surface area contributed by atoms with Crippen LogP contribution < -0.4 is 0 Å². The summed E-state index contributed by atoms with van der Waals surface area (Å²) in [6, 6.07) is 2.57. The van der Waals surface area contributed by atoms with E-state index in [0.717, 1.165) is 12.1 Å². The van der Waals surface area contributed by atoms with Crippen molar-refractivity contribution in [1.29, 1.82) is 0 Å². The predicted octanol–water partition coefficient (Wildman–Crippen LogP) is 2.56. The van der Waals surface area contributed by atoms with E-state index in [1.807, 2.05) is 0 Å². The zero-order valence-electron chi connectivity index (χ0n) is 11.5. The van der Waals surface area contributed by atoms with Crippen molar-refractivity contribution in [3.63, 3.8) is 0 Å². The monoisotopic (exact) mass is 507 g/mol. The maximum atomic E-state index is 13.0. The lowest BCUT2D eigenvalue weighted by molar-refractivity contribution is -0.356. The first-order valence-electron chi connectivity index (χ1n) is 5.79. The highest BCUT2D eigenvalue weighted by Gasteiger charge is 2.75. The molecule has 0 aromatic heterocycles. The molecule has 0 bridgehead atoms. The van der Waals surface area contributed by atoms with E-state index in [1.165, 1.54) is 0 Å². The summed E-state index contributed by atoms with van der Waals surface area (Å²) in [6.07, 6.45) is -12.9. The molecule has 0 saturated heterocycles. The van der Waals surface area contributed by atoms with Crippen LogP contribution >= 0.6 is 22.6 Å². The van der Waals surface area contributed by atoms with Crippen LogP contribution in [0.15, 0.2) is 18.2 Å². The summed E-state index contributed by atoms with van der Waals surface area (Å²) in [5, 5.41) is 9.45. The van der Waals surface area contributed by atoms with E-state index >= 15 is 0 Å². The molecular formula is C11H6F6IO6S-. The van der Waals surface area contributed by atoms with Gasteiger partial charge in [0.2, 0.25) is 0 Å². The number of hydrogen-bond donors (Lipinski definition) is 1. The molecule has 0 atom stereocenters. The lowest BCUT2D eigenvalue weighted by atomic mass is 10.1. The van der Waals surface area contributed by atoms with Gasteiger partial charge in [-0.2, -0.15) is 26.3 Å². The number of carbonyl (C=O) groups is 1. The molecule has 0 saturated carbocycles. The number of ether oxygens (including phenoxy) is 1. The molecule has 0 aliphatic heterocycles. The number of phenolic OH excluding ortho intramolecular Hbond substituents is 1. The third-order valence-corrected chi connectivity index (χ3v) is 4.17. The van der Waals surface area contributed by atoms with Crippen molar-refractivity contribution in [3.05, 3.63) is 27.3 Å². The Kier molecular flexibility index (Phi) is 5.91. The SMILES string of the molecule is O=C(OC(CS(=O)(=O)[O-])(C(F)(F)F)C(F)(F)F)c1ccc(I)cc1O. The van der Waals surface area contributed by atoms with Gasteiger partial charge < -0.3 is 14.4 Å². The Hall–Kier alpha value is -1.29. The van der Waals surface area contributed by atoms with Crippen LogP contribution in [0.5, 0.6) is 5.75 Å². The minimum absolute atomic E-state index is 0.284. The Bertz CT molecular complexity index is 758. The maximum absolute atomic E-state index is 13.0. The number of carbonyl (C=O) groups excluding carboxylic acids is 1. The molecule has 1 aromatic rings. The molecule has 142 valence electrons. The van der Waals surface area contributed by atoms with Crippen LogP contribution in [0, 0.1) is 3.57 Å². The van der Waals surface area contributed by atoms with Gasteiger partial charge in [0.15, 0.2) is 0 Å². The van der Waals surface area contributed by atoms with Gasteiger partial charge in [-0.3, -0.25) is 0 Å². The van der Waals surface area contributed by atoms with E-state index in [2.05, 4.69) is 4.74 Å². The molecule has 0 aliphatic carbocycles. The summed E-state index contributed by atoms with van der Waals surface area (Å²) >= 11 is 1.62. The highest BCUT2D eigenvalue weighted by atomic mass is 127. The molecule has 0 radical (unpaired) electrons. The van der Waals surface area contributed by atoms with Gasteiger partial charge in [0.1, 0.15) is 11.3 Å². The average molecular weight is 507 g/mol. The molecule has 25 heavy (non-hydrogen) atoms. The number of hydrogen-bond acceptors (Lipinski definition) is 6. The minimum Gasteiger partial charge on any atom is -0.748 e. The summed E-state index contributed by atoms with van der Waals surface area (Å²) in [4.78, 5) is 11.7. The third-order valence-electron chi connectivity index (χ3n) is 2.74. The highest BCUT2D eigenvalue weighted by Crippen LogP contribution is 2.47. The second-order valence-corrected chi connectivity index (χ2v) is 7.23. The van der Waals surface area contributed by atoms with Gasteiger partial charge in [-0.25, -0.2) is 13.2 Å². The molecule has 1 rings (SSSR count). The predicted molar refractivity (Wildman–Crippen MR) is 75.6 cm³/mol. The van der Waals surface area contributed by atoms with Gasteiger partial charge in [0, 0.05) is 3.57 Å². The Morgan fingerprint density at radius 1 is 1.16 bits per heavy atom. The summed E-state index contributed by atoms with van der Waals surface area (Å²) < 4.78 is 113. The van der Waals surface area contributed by atoms with E-state index in [9.17, 15) is 49.2 Å². The molecule has 0 aliphatic rings. The number of rotatable bonds is 4. The first kappa shape index (κ1) is 21.8. The van der Waals surface area contributed by atoms with Gasteiger partial charge in [-0.1, -0.05) is 0 Å². The smallest absolute Gasteiger partial charge is 0.438 e. The standard InChI is InChI=1S/C11H7F6IO6S/c12-10(13,14)9(11(15,16)17,4-25(21,22)23)24-8(20)6-2-1-5(18)3-7(6)19/h1-3,19H,4H2,(H,21,22,23)/p-1. The zero-order valence-corrected chi connectivity index (χ0v) is 14.5. The van der Waals surface area contributed by atoms with Crippen molar-refractivity contribution in [1.82, 2.24) is 0 Å². The van der Waals surface area contributed by atoms with Crippen molar-refractivity contribution >= 4 is 38.7 Å². The molecule has 1 aromatic carbocycles. The van der Waals surface area contributed by atoms with Gasteiger partial charge in [-0.05, 0) is 40.8 Å². The van der Waals surface area contributed by atoms with E-state index in [1.54, 1.807) is 22.6 Å². The molecule has 0 heterocycles. The van der Waals surface area contributed by atoms with Gasteiger partial charge in [0.05, 0.1) is 15.9 Å². The number of esters is 1. The molecule has 0 unspecified atom stereocenters. The largest absolute Gasteiger partial charge is 0.748 e. The number of phenols is 1. The normalized spacial score (nSPS) is 13.6. The highest BCUT2D eigenvalue weighted by molar-refractivity contribution is 14.1. The second kappa shape index (κ2) is 6.79. The Morgan fingerprint density at radius 2 is 1.64 bits per heavy atom. The number of benzene rings is 1. The van der Waals surface area contributed by atoms with Crippen molar-refractivity contribution < 1.29 is 54.0 Å². The van der Waals surface area contributed by atoms with Crippen molar-refractivity contribution in [2.75, 3.05) is 5.75 Å². The Balaban J connectivity index is 3.50. The van der Waals surface area contributed by atoms with E-state index in [4.69, 9.17) is 0 Å². The fraction of sp³-hybridized carbons (Fsp3) is 0.364. The summed E-state index contributed by atoms with van der Waals surface area (Å²) in [6.45, 7) is 0. The van der Waals surface area contributed by atoms with Crippen molar-refractivity contribution in [3.8, 4) is 5.75 Å². The molecule has 0 spiro atoms. The molecular weight excluding hydrogens is 501 g/mol. The summed E-state index contributed by atoms with van der Waals surface area (Å²) in [5.74, 6) is -6.42. The molecule has 6 nitrogen and oxygen atoms in total. The number of halogens is 7. The fourth-order valence-corrected chi connectivity index (χ4v) is 2.97. The Morgan fingerprint density at radius 3 is 2.00 bits per heavy atom. The maximum Gasteiger partial charge on any atom is 0.438 e. The lowest BCUT2D eigenvalue weighted by Gasteiger charge is -2.36. The van der Waals surface area contributed by atoms with E-state index < -0.39 is 51.1 Å². The quantitative estimate of drug-likeness (QED) is 0.291. The van der Waals surface area contributed by atoms with E-state index in [0.29, 0.717) is 6.07 Å². The zero-order chi connectivity index (χ0) is 19.8. The van der Waals surface area contributed by atoms with Gasteiger partial charge in [-0.15, -0.1) is 0 Å². The summed E-state index contributed by atoms with van der Waals surface area (Å²) in [7, 11) is -6.12. The van der Waals surface area contributed by atoms with Gasteiger partial charge >= 0.3 is 23.9 Å². The van der Waals surface area contributed by atoms with Crippen LogP contribution in [0.1, 0.15) is 10.4 Å². The van der Waals surface area contributed by atoms with Crippen LogP contribution in [0.25, 0.3) is 0 Å². The van der Waals surface area contributed by atoms with Gasteiger partial charge in [0.25, 0.3) is 0 Å². The van der Waals surface area contributed by atoms with Crippen molar-refractivity contribution in [2.45, 2.75) is 18.0 Å². The molecule has 0 amide bonds. The first-order valence-corrected chi connectivity index (χ1v) is 8.45. The minimum atomic E-state index is -6.47. The Labute approximate surface area is 149 Å². The van der Waals surface area contributed by atoms with Crippen LogP contribution in [0.3, 0.4) is 0 Å². The third kappa shape index (κ3) is 4.87. The topological polar surface area (TPSA) is 104 Å². The fourth-order valence-electron chi connectivity index (χ4n) is 1.61. The molecule has 1 N–H and O–H groups in total. The average Bonchev–Trinajstić information content (AvgIpc) is 2.33. The van der Waals surface area contributed by atoms with Crippen molar-refractivity contribution in [2.24, 2.45) is 0 Å². The lowest BCUT2D eigenvalue weighted by Crippen LogP contribution is -2.63. The van der Waals surface area contributed by atoms with Crippen LogP contribution in [0.4, 0.5) is 26.3 Å². The van der Waals surface area contributed by atoms with Crippen LogP contribution in [0.2, 0.25) is 0 Å². The first-order chi connectivity index (χ1) is 11.0. The van der Waals surface area contributed by atoms with Crippen LogP contribution in [-0.2, 0) is 14.9 Å². The second-order valence-electron chi connectivity index (χ2n) is 4.58. The molecule has 14 heteroatoms. The van der Waals surface area contributed by atoms with Crippen LogP contribution in [-0.4, -0.2) is 47.8 Å². The van der Waals surface area contributed by atoms with E-state index in [-0.39, 0.29) is 3.57 Å². The number of aromatic hydroxyl groups is 1. The summed E-state index contributed by atoms with van der Waals surface area (Å²) in [5.41, 5.74) is -6.67. The number of alkyl halides is 6. The molecule has 0 fully saturated rings.